The first-order valence-electron chi connectivity index (χ1n) is 9.12. The van der Waals surface area contributed by atoms with E-state index in [0.717, 1.165) is 41.2 Å². The maximum atomic E-state index is 9.98. The van der Waals surface area contributed by atoms with Gasteiger partial charge in [0.25, 0.3) is 0 Å². The monoisotopic (exact) mass is 390 g/mol. The highest BCUT2D eigenvalue weighted by atomic mass is 35.5. The van der Waals surface area contributed by atoms with E-state index >= 15 is 0 Å². The topological polar surface area (TPSA) is 36.1 Å². The molecule has 0 fully saturated rings. The van der Waals surface area contributed by atoms with E-state index in [1.54, 1.807) is 11.8 Å². The Balaban J connectivity index is 1.75. The second-order valence-electron chi connectivity index (χ2n) is 6.68. The first kappa shape index (κ1) is 18.1. The number of halogens is 1. The molecule has 1 unspecified atom stereocenters. The van der Waals surface area contributed by atoms with E-state index in [2.05, 4.69) is 24.3 Å². The summed E-state index contributed by atoms with van der Waals surface area (Å²) in [6.45, 7) is 0. The van der Waals surface area contributed by atoms with E-state index in [-0.39, 0.29) is 6.04 Å². The number of thioether (sulfide) groups is 1. The average molecular weight is 391 g/mol. The molecular formula is C23H19ClN2S. The number of allylic oxidation sites excluding steroid dienone is 1. The Kier molecular flexibility index (Phi) is 5.48. The molecule has 4 heteroatoms. The van der Waals surface area contributed by atoms with Crippen LogP contribution in [-0.4, -0.2) is 11.1 Å². The largest absolute Gasteiger partial charge is 0.269 e. The Morgan fingerprint density at radius 1 is 1.11 bits per heavy atom. The lowest BCUT2D eigenvalue weighted by molar-refractivity contribution is 0.629. The van der Waals surface area contributed by atoms with Crippen molar-refractivity contribution in [3.8, 4) is 6.07 Å². The molecule has 2 nitrogen and oxygen atoms in total. The van der Waals surface area contributed by atoms with Crippen molar-refractivity contribution in [1.29, 1.82) is 5.26 Å². The normalized spacial score (nSPS) is 19.0. The number of hydrogen-bond acceptors (Lipinski definition) is 3. The zero-order valence-electron chi connectivity index (χ0n) is 14.9. The standard InChI is InChI=1S/C23H19ClN2S/c24-18-12-10-17(11-13-18)22-19-8-4-5-9-21(19)26-23(20(22)14-25)27-15-16-6-2-1-3-7-16/h1-3,6-8,10-13,21H,4-5,9,15H2. The molecule has 27 heavy (non-hydrogen) atoms. The second kappa shape index (κ2) is 8.17. The third-order valence-corrected chi connectivity index (χ3v) is 6.21. The van der Waals surface area contributed by atoms with Gasteiger partial charge in [0, 0.05) is 16.3 Å². The van der Waals surface area contributed by atoms with Crippen LogP contribution < -0.4 is 0 Å². The Morgan fingerprint density at radius 3 is 2.63 bits per heavy atom. The molecular weight excluding hydrogens is 372 g/mol. The molecule has 1 atom stereocenters. The minimum absolute atomic E-state index is 0.153. The first-order chi connectivity index (χ1) is 13.3. The maximum absolute atomic E-state index is 9.98. The Morgan fingerprint density at radius 2 is 1.89 bits per heavy atom. The van der Waals surface area contributed by atoms with Gasteiger partial charge in [-0.3, -0.25) is 4.99 Å². The predicted molar refractivity (Wildman–Crippen MR) is 115 cm³/mol. The van der Waals surface area contributed by atoms with Gasteiger partial charge in [0.2, 0.25) is 0 Å². The van der Waals surface area contributed by atoms with Crippen LogP contribution in [0.5, 0.6) is 0 Å². The van der Waals surface area contributed by atoms with E-state index in [1.165, 1.54) is 11.1 Å². The van der Waals surface area contributed by atoms with Crippen LogP contribution in [0.3, 0.4) is 0 Å². The number of nitrogens with zero attached hydrogens (tertiary/aromatic N) is 2. The zero-order valence-corrected chi connectivity index (χ0v) is 16.4. The quantitative estimate of drug-likeness (QED) is 0.604. The van der Waals surface area contributed by atoms with Crippen LogP contribution in [0.1, 0.15) is 30.4 Å². The summed E-state index contributed by atoms with van der Waals surface area (Å²) in [5.74, 6) is 0.810. The van der Waals surface area contributed by atoms with E-state index in [4.69, 9.17) is 16.6 Å². The molecule has 0 aromatic heterocycles. The van der Waals surface area contributed by atoms with Crippen LogP contribution in [0.15, 0.2) is 76.8 Å². The average Bonchev–Trinajstić information content (AvgIpc) is 2.72. The maximum Gasteiger partial charge on any atom is 0.110 e. The van der Waals surface area contributed by atoms with Crippen molar-refractivity contribution in [2.45, 2.75) is 31.1 Å². The van der Waals surface area contributed by atoms with Gasteiger partial charge in [0.1, 0.15) is 11.1 Å². The number of aliphatic imine (C=N–C) groups is 1. The molecule has 1 heterocycles. The van der Waals surface area contributed by atoms with Gasteiger partial charge in [-0.15, -0.1) is 11.8 Å². The van der Waals surface area contributed by atoms with E-state index < -0.39 is 0 Å². The van der Waals surface area contributed by atoms with Crippen molar-refractivity contribution in [1.82, 2.24) is 0 Å². The van der Waals surface area contributed by atoms with Gasteiger partial charge >= 0.3 is 0 Å². The van der Waals surface area contributed by atoms with Crippen molar-refractivity contribution < 1.29 is 0 Å². The molecule has 0 amide bonds. The van der Waals surface area contributed by atoms with Crippen molar-refractivity contribution in [3.63, 3.8) is 0 Å². The summed E-state index contributed by atoms with van der Waals surface area (Å²) in [6, 6.07) is 20.7. The second-order valence-corrected chi connectivity index (χ2v) is 8.08. The number of rotatable bonds is 3. The molecule has 0 saturated carbocycles. The molecule has 0 saturated heterocycles. The zero-order chi connectivity index (χ0) is 18.6. The molecule has 1 aliphatic heterocycles. The van der Waals surface area contributed by atoms with Crippen LogP contribution >= 0.6 is 23.4 Å². The smallest absolute Gasteiger partial charge is 0.110 e. The summed E-state index contributed by atoms with van der Waals surface area (Å²) in [6.07, 6.45) is 5.49. The van der Waals surface area contributed by atoms with E-state index in [9.17, 15) is 5.26 Å². The molecule has 2 aromatic rings. The highest BCUT2D eigenvalue weighted by Gasteiger charge is 2.30. The van der Waals surface area contributed by atoms with Crippen molar-refractivity contribution in [2.75, 3.05) is 0 Å². The minimum Gasteiger partial charge on any atom is -0.269 e. The van der Waals surface area contributed by atoms with E-state index in [0.29, 0.717) is 10.6 Å². The molecule has 1 aliphatic carbocycles. The Bertz CT molecular complexity index is 966. The number of fused-ring (bicyclic) bond motifs is 1. The van der Waals surface area contributed by atoms with Crippen molar-refractivity contribution >= 4 is 34.0 Å². The van der Waals surface area contributed by atoms with Gasteiger partial charge in [-0.2, -0.15) is 5.26 Å². The minimum atomic E-state index is 0.153. The molecule has 4 rings (SSSR count). The third kappa shape index (κ3) is 3.88. The summed E-state index contributed by atoms with van der Waals surface area (Å²) in [5, 5.41) is 11.5. The summed E-state index contributed by atoms with van der Waals surface area (Å²) in [7, 11) is 0. The molecule has 0 radical (unpaired) electrons. The Hall–Kier alpha value is -2.28. The van der Waals surface area contributed by atoms with Gasteiger partial charge in [-0.05, 0) is 48.1 Å². The lowest BCUT2D eigenvalue weighted by Crippen LogP contribution is -2.22. The predicted octanol–water partition coefficient (Wildman–Crippen LogP) is 6.44. The summed E-state index contributed by atoms with van der Waals surface area (Å²) < 4.78 is 0. The number of benzene rings is 2. The molecule has 0 spiro atoms. The first-order valence-corrected chi connectivity index (χ1v) is 10.5. The molecule has 134 valence electrons. The van der Waals surface area contributed by atoms with Gasteiger partial charge in [-0.1, -0.05) is 60.1 Å². The highest BCUT2D eigenvalue weighted by Crippen LogP contribution is 2.41. The van der Waals surface area contributed by atoms with Gasteiger partial charge in [0.15, 0.2) is 0 Å². The summed E-state index contributed by atoms with van der Waals surface area (Å²) in [4.78, 5) is 4.97. The van der Waals surface area contributed by atoms with Crippen molar-refractivity contribution in [3.05, 3.63) is 88.0 Å². The summed E-state index contributed by atoms with van der Waals surface area (Å²) >= 11 is 7.74. The lowest BCUT2D eigenvalue weighted by atomic mass is 9.82. The van der Waals surface area contributed by atoms with Crippen LogP contribution in [0, 0.1) is 11.3 Å². The van der Waals surface area contributed by atoms with Crippen LogP contribution in [0.2, 0.25) is 5.02 Å². The molecule has 0 N–H and O–H groups in total. The Labute approximate surface area is 169 Å². The van der Waals surface area contributed by atoms with Crippen molar-refractivity contribution in [2.24, 2.45) is 4.99 Å². The summed E-state index contributed by atoms with van der Waals surface area (Å²) in [5.41, 5.74) is 5.19. The fourth-order valence-corrected chi connectivity index (χ4v) is 4.70. The molecule has 0 bridgehead atoms. The fourth-order valence-electron chi connectivity index (χ4n) is 3.59. The molecule has 2 aliphatic rings. The number of dihydropyridines is 1. The third-order valence-electron chi connectivity index (χ3n) is 4.89. The van der Waals surface area contributed by atoms with Gasteiger partial charge < -0.3 is 0 Å². The number of hydrogen-bond donors (Lipinski definition) is 0. The molecule has 2 aromatic carbocycles. The lowest BCUT2D eigenvalue weighted by Gasteiger charge is -2.29. The van der Waals surface area contributed by atoms with E-state index in [1.807, 2.05) is 42.5 Å². The highest BCUT2D eigenvalue weighted by molar-refractivity contribution is 8.13. The van der Waals surface area contributed by atoms with Gasteiger partial charge in [0.05, 0.1) is 11.6 Å². The SMILES string of the molecule is N#CC1=C(c2ccc(Cl)cc2)C2=CCCCC2N=C1SCc1ccccc1. The number of nitriles is 1. The van der Waals surface area contributed by atoms with Crippen LogP contribution in [0.4, 0.5) is 0 Å². The van der Waals surface area contributed by atoms with Gasteiger partial charge in [-0.25, -0.2) is 0 Å². The van der Waals surface area contributed by atoms with Crippen LogP contribution in [-0.2, 0) is 5.75 Å². The fraction of sp³-hybridized carbons (Fsp3) is 0.217. The van der Waals surface area contributed by atoms with Crippen LogP contribution in [0.25, 0.3) is 5.57 Å².